The van der Waals surface area contributed by atoms with Crippen molar-refractivity contribution in [2.75, 3.05) is 0 Å². The van der Waals surface area contributed by atoms with Crippen LogP contribution in [0.25, 0.3) is 66.3 Å². The molecule has 0 fully saturated rings. The summed E-state index contributed by atoms with van der Waals surface area (Å²) in [6.45, 7) is 6.28. The highest BCUT2D eigenvalue weighted by Gasteiger charge is 2.17. The molecule has 0 aliphatic carbocycles. The van der Waals surface area contributed by atoms with Gasteiger partial charge in [0, 0.05) is 27.1 Å². The molecule has 242 valence electrons. The number of pyridine rings is 1. The van der Waals surface area contributed by atoms with E-state index in [0.717, 1.165) is 72.2 Å². The third-order valence-electron chi connectivity index (χ3n) is 9.49. The zero-order valence-corrected chi connectivity index (χ0v) is 28.0. The van der Waals surface area contributed by atoms with Gasteiger partial charge >= 0.3 is 0 Å². The average molecular weight is 658 g/mol. The molecule has 9 aromatic rings. The van der Waals surface area contributed by atoms with Crippen LogP contribution in [0.2, 0.25) is 0 Å². The Bertz CT molecular complexity index is 2820. The van der Waals surface area contributed by atoms with Crippen LogP contribution in [0.4, 0.5) is 0 Å². The van der Waals surface area contributed by atoms with E-state index in [9.17, 15) is 0 Å². The number of nitrogens with zero attached hydrogens (tertiary/aromatic N) is 3. The highest BCUT2D eigenvalue weighted by atomic mass is 16.3. The van der Waals surface area contributed by atoms with E-state index < -0.39 is 0 Å². The molecule has 9 rings (SSSR count). The second-order valence-corrected chi connectivity index (χ2v) is 12.7. The lowest BCUT2D eigenvalue weighted by Crippen LogP contribution is -2.11. The van der Waals surface area contributed by atoms with Gasteiger partial charge in [-0.05, 0) is 66.1 Å². The van der Waals surface area contributed by atoms with Crippen molar-refractivity contribution in [2.45, 2.75) is 6.92 Å². The Balaban J connectivity index is 1.13. The minimum atomic E-state index is 0.610. The summed E-state index contributed by atoms with van der Waals surface area (Å²) < 4.78 is 8.42. The topological polar surface area (TPSA) is 56.9 Å². The number of hydrogen-bond acceptors (Lipinski definition) is 2. The van der Waals surface area contributed by atoms with Gasteiger partial charge in [0.25, 0.3) is 0 Å². The predicted molar refractivity (Wildman–Crippen MR) is 211 cm³/mol. The maximum Gasteiger partial charge on any atom is 0.191 e. The number of fused-ring (bicyclic) bond motifs is 6. The lowest BCUT2D eigenvalue weighted by atomic mass is 10.0. The van der Waals surface area contributed by atoms with E-state index >= 15 is 0 Å². The van der Waals surface area contributed by atoms with E-state index in [0.29, 0.717) is 11.5 Å². The van der Waals surface area contributed by atoms with E-state index in [1.54, 1.807) is 0 Å². The zero-order valence-electron chi connectivity index (χ0n) is 28.0. The van der Waals surface area contributed by atoms with Crippen LogP contribution in [0.1, 0.15) is 23.6 Å². The van der Waals surface area contributed by atoms with Crippen LogP contribution < -0.4 is 4.98 Å². The van der Waals surface area contributed by atoms with Crippen LogP contribution >= 0.6 is 0 Å². The molecule has 3 heterocycles. The van der Waals surface area contributed by atoms with Gasteiger partial charge in [0.15, 0.2) is 18.2 Å². The number of hydrogen-bond donors (Lipinski definition) is 0. The molecule has 0 bridgehead atoms. The summed E-state index contributed by atoms with van der Waals surface area (Å²) in [5.74, 6) is 0.610. The number of furan rings is 1. The molecule has 1 N–H and O–H groups in total. The number of rotatable bonds is 6. The largest absolute Gasteiger partial charge is 0.456 e. The van der Waals surface area contributed by atoms with Gasteiger partial charge in [-0.1, -0.05) is 116 Å². The Labute approximate surface area is 295 Å². The van der Waals surface area contributed by atoms with E-state index in [-0.39, 0.29) is 0 Å². The van der Waals surface area contributed by atoms with Crippen LogP contribution in [0.15, 0.2) is 185 Å². The third-order valence-corrected chi connectivity index (χ3v) is 9.49. The summed E-state index contributed by atoms with van der Waals surface area (Å²) in [6.07, 6.45) is 4.02. The van der Waals surface area contributed by atoms with Crippen molar-refractivity contribution in [3.8, 4) is 16.8 Å². The first kappa shape index (κ1) is 30.2. The lowest BCUT2D eigenvalue weighted by molar-refractivity contribution is -0.377. The molecule has 5 heteroatoms. The smallest absolute Gasteiger partial charge is 0.191 e. The van der Waals surface area contributed by atoms with Crippen molar-refractivity contribution in [3.63, 3.8) is 0 Å². The summed E-state index contributed by atoms with van der Waals surface area (Å²) in [6, 6.07) is 52.2. The fourth-order valence-corrected chi connectivity index (χ4v) is 6.92. The molecule has 0 aliphatic rings. The average Bonchev–Trinajstić information content (AvgIpc) is 3.73. The molecule has 5 nitrogen and oxygen atoms in total. The Kier molecular flexibility index (Phi) is 7.44. The quantitative estimate of drug-likeness (QED) is 0.130. The first-order chi connectivity index (χ1) is 25.1. The number of H-pyrrole nitrogens is 1. The number of para-hydroxylation sites is 2. The molecule has 6 aromatic carbocycles. The molecule has 0 saturated heterocycles. The molecule has 0 amide bonds. The van der Waals surface area contributed by atoms with Gasteiger partial charge in [0.2, 0.25) is 0 Å². The van der Waals surface area contributed by atoms with E-state index in [1.165, 1.54) is 10.8 Å². The van der Waals surface area contributed by atoms with E-state index in [1.807, 2.05) is 92.1 Å². The van der Waals surface area contributed by atoms with Gasteiger partial charge < -0.3 is 8.98 Å². The third kappa shape index (κ3) is 5.51. The minimum Gasteiger partial charge on any atom is -0.456 e. The van der Waals surface area contributed by atoms with E-state index in [2.05, 4.69) is 95.0 Å². The van der Waals surface area contributed by atoms with Gasteiger partial charge in [0.1, 0.15) is 16.9 Å². The van der Waals surface area contributed by atoms with E-state index in [4.69, 9.17) is 14.4 Å². The fraction of sp³-hybridized carbons (Fsp3) is 0.0217. The number of aliphatic imine (C=N–C) groups is 2. The molecular formula is C46H33N4O+. The van der Waals surface area contributed by atoms with Gasteiger partial charge in [-0.2, -0.15) is 0 Å². The maximum absolute atomic E-state index is 6.10. The summed E-state index contributed by atoms with van der Waals surface area (Å²) in [5.41, 5.74) is 11.7. The Hall–Kier alpha value is -6.85. The summed E-state index contributed by atoms with van der Waals surface area (Å²) in [7, 11) is 0. The molecule has 0 aliphatic heterocycles. The highest BCUT2D eigenvalue weighted by molar-refractivity contribution is 6.14. The SMILES string of the molecule is C=C(N=C(N=C(C)c1c[nH+]cc(-n2c3ccccc3c3cc(-c4ccc5oc6ccccc6c5c4)ccc32)c1)c1ccccc1)c1ccccc1. The molecule has 3 aromatic heterocycles. The summed E-state index contributed by atoms with van der Waals surface area (Å²) in [4.78, 5) is 13.4. The van der Waals surface area contributed by atoms with Crippen molar-refractivity contribution >= 4 is 61.0 Å². The second-order valence-electron chi connectivity index (χ2n) is 12.7. The van der Waals surface area contributed by atoms with Crippen LogP contribution in [0.3, 0.4) is 0 Å². The number of benzene rings is 6. The normalized spacial score (nSPS) is 12.3. The first-order valence-electron chi connectivity index (χ1n) is 17.0. The van der Waals surface area contributed by atoms with Crippen molar-refractivity contribution in [3.05, 3.63) is 187 Å². The van der Waals surface area contributed by atoms with Gasteiger partial charge in [-0.15, -0.1) is 0 Å². The first-order valence-corrected chi connectivity index (χ1v) is 17.0. The molecule has 0 unspecified atom stereocenters. The second kappa shape index (κ2) is 12.6. The minimum absolute atomic E-state index is 0.610. The Morgan fingerprint density at radius 1 is 0.549 bits per heavy atom. The highest BCUT2D eigenvalue weighted by Crippen LogP contribution is 2.37. The molecule has 0 radical (unpaired) electrons. The number of nitrogens with one attached hydrogen (secondary N) is 1. The molecule has 51 heavy (non-hydrogen) atoms. The maximum atomic E-state index is 6.10. The van der Waals surface area contributed by atoms with Crippen LogP contribution in [-0.4, -0.2) is 16.1 Å². The van der Waals surface area contributed by atoms with Crippen molar-refractivity contribution < 1.29 is 9.40 Å². The lowest BCUT2D eigenvalue weighted by Gasteiger charge is -2.09. The summed E-state index contributed by atoms with van der Waals surface area (Å²) >= 11 is 0. The summed E-state index contributed by atoms with van der Waals surface area (Å²) in [5, 5.41) is 4.64. The molecular weight excluding hydrogens is 625 g/mol. The van der Waals surface area contributed by atoms with Crippen LogP contribution in [0, 0.1) is 0 Å². The Morgan fingerprint density at radius 2 is 1.18 bits per heavy atom. The standard InChI is InChI=1S/C46H32N4O/c1-30(32-13-5-3-6-14-32)48-46(33-15-7-4-8-16-33)49-31(2)36-25-37(29-47-28-36)50-42-19-11-9-17-38(42)40-26-34(21-23-43(40)50)35-22-24-45-41(27-35)39-18-10-12-20-44(39)51-45/h3-29H,1H2,2H3/p+1. The fourth-order valence-electron chi connectivity index (χ4n) is 6.92. The van der Waals surface area contributed by atoms with Crippen molar-refractivity contribution in [1.29, 1.82) is 0 Å². The Morgan fingerprint density at radius 3 is 1.98 bits per heavy atom. The van der Waals surface area contributed by atoms with Gasteiger partial charge in [0.05, 0.1) is 28.0 Å². The number of aromatic amines is 1. The molecule has 0 spiro atoms. The number of aromatic nitrogens is 2. The predicted octanol–water partition coefficient (Wildman–Crippen LogP) is 11.1. The van der Waals surface area contributed by atoms with Crippen LogP contribution in [-0.2, 0) is 0 Å². The molecule has 0 saturated carbocycles. The monoisotopic (exact) mass is 657 g/mol. The molecule has 0 atom stereocenters. The van der Waals surface area contributed by atoms with Gasteiger partial charge in [-0.3, -0.25) is 0 Å². The zero-order chi connectivity index (χ0) is 34.3. The van der Waals surface area contributed by atoms with Gasteiger partial charge in [-0.25, -0.2) is 15.0 Å². The van der Waals surface area contributed by atoms with Crippen LogP contribution in [0.5, 0.6) is 0 Å². The van der Waals surface area contributed by atoms with Crippen molar-refractivity contribution in [1.82, 2.24) is 4.57 Å². The number of amidine groups is 1. The van der Waals surface area contributed by atoms with Crippen molar-refractivity contribution in [2.24, 2.45) is 9.98 Å².